The van der Waals surface area contributed by atoms with Crippen molar-refractivity contribution < 1.29 is 4.79 Å². The minimum Gasteiger partial charge on any atom is -0.343 e. The molecule has 0 radical (unpaired) electrons. The van der Waals surface area contributed by atoms with Gasteiger partial charge in [-0.05, 0) is 63.3 Å². The molecule has 3 aliphatic rings. The molecule has 1 atom stereocenters. The van der Waals surface area contributed by atoms with E-state index >= 15 is 0 Å². The number of hydrogen-bond acceptors (Lipinski definition) is 3. The molecule has 3 aliphatic heterocycles. The van der Waals surface area contributed by atoms with Crippen LogP contribution in [0.25, 0.3) is 0 Å². The zero-order chi connectivity index (χ0) is 13.8. The summed E-state index contributed by atoms with van der Waals surface area (Å²) in [4.78, 5) is 16.9. The molecule has 0 aliphatic carbocycles. The molecular weight excluding hydrogens is 268 g/mol. The Morgan fingerprint density at radius 2 is 1.80 bits per heavy atom. The fraction of sp³-hybridized carbons (Fsp3) is 0.938. The Bertz CT molecular complexity index is 316. The number of carbonyl (C=O) groups is 1. The second-order valence-electron chi connectivity index (χ2n) is 6.62. The molecule has 0 saturated carbocycles. The van der Waals surface area contributed by atoms with Gasteiger partial charge in [-0.25, -0.2) is 0 Å². The zero-order valence-electron chi connectivity index (χ0n) is 12.6. The summed E-state index contributed by atoms with van der Waals surface area (Å²) in [6.45, 7) is 4.56. The second-order valence-corrected chi connectivity index (χ2v) is 7.77. The van der Waals surface area contributed by atoms with Crippen LogP contribution < -0.4 is 0 Å². The lowest BCUT2D eigenvalue weighted by molar-refractivity contribution is -0.130. The van der Waals surface area contributed by atoms with E-state index in [4.69, 9.17) is 0 Å². The van der Waals surface area contributed by atoms with E-state index in [0.717, 1.165) is 37.9 Å². The standard InChI is InChI=1S/C16H28N2OS/c19-16(18-8-1-2-9-18)4-3-14-5-10-17(11-6-14)15-7-12-20-13-15/h14-15H,1-13H2. The largest absolute Gasteiger partial charge is 0.343 e. The molecular formula is C16H28N2OS. The zero-order valence-corrected chi connectivity index (χ0v) is 13.4. The summed E-state index contributed by atoms with van der Waals surface area (Å²) in [6, 6.07) is 0.854. The van der Waals surface area contributed by atoms with Gasteiger partial charge in [0.05, 0.1) is 0 Å². The van der Waals surface area contributed by atoms with E-state index in [0.29, 0.717) is 5.91 Å². The number of nitrogens with zero attached hydrogens (tertiary/aromatic N) is 2. The van der Waals surface area contributed by atoms with Crippen LogP contribution in [0.1, 0.15) is 44.9 Å². The van der Waals surface area contributed by atoms with Crippen molar-refractivity contribution in [3.8, 4) is 0 Å². The van der Waals surface area contributed by atoms with E-state index in [1.807, 2.05) is 0 Å². The molecule has 4 heteroatoms. The van der Waals surface area contributed by atoms with E-state index in [1.54, 1.807) is 0 Å². The average molecular weight is 296 g/mol. The van der Waals surface area contributed by atoms with Crippen molar-refractivity contribution in [2.45, 2.75) is 51.0 Å². The van der Waals surface area contributed by atoms with Gasteiger partial charge < -0.3 is 4.90 Å². The molecule has 3 saturated heterocycles. The summed E-state index contributed by atoms with van der Waals surface area (Å²) < 4.78 is 0. The SMILES string of the molecule is O=C(CCC1CCN(C2CCSC2)CC1)N1CCCC1. The molecule has 1 unspecified atom stereocenters. The third-order valence-electron chi connectivity index (χ3n) is 5.30. The van der Waals surface area contributed by atoms with Gasteiger partial charge in [0.25, 0.3) is 0 Å². The van der Waals surface area contributed by atoms with Crippen molar-refractivity contribution in [1.82, 2.24) is 9.80 Å². The van der Waals surface area contributed by atoms with Gasteiger partial charge in [0.1, 0.15) is 0 Å². The molecule has 0 aromatic heterocycles. The van der Waals surface area contributed by atoms with Gasteiger partial charge in [-0.15, -0.1) is 0 Å². The number of likely N-dealkylation sites (tertiary alicyclic amines) is 2. The predicted molar refractivity (Wildman–Crippen MR) is 85.1 cm³/mol. The van der Waals surface area contributed by atoms with Gasteiger partial charge in [-0.3, -0.25) is 9.69 Å². The van der Waals surface area contributed by atoms with Crippen molar-refractivity contribution in [3.63, 3.8) is 0 Å². The van der Waals surface area contributed by atoms with E-state index < -0.39 is 0 Å². The fourth-order valence-electron chi connectivity index (χ4n) is 3.87. The number of thioether (sulfide) groups is 1. The Labute approximate surface area is 127 Å². The van der Waals surface area contributed by atoms with E-state index in [1.165, 1.54) is 56.7 Å². The van der Waals surface area contributed by atoms with E-state index in [9.17, 15) is 4.79 Å². The Kier molecular flexibility index (Phi) is 5.27. The lowest BCUT2D eigenvalue weighted by atomic mass is 9.91. The van der Waals surface area contributed by atoms with Gasteiger partial charge in [-0.2, -0.15) is 11.8 Å². The first-order valence-electron chi connectivity index (χ1n) is 8.42. The minimum absolute atomic E-state index is 0.414. The summed E-state index contributed by atoms with van der Waals surface area (Å²) >= 11 is 2.11. The van der Waals surface area contributed by atoms with Gasteiger partial charge in [-0.1, -0.05) is 0 Å². The van der Waals surface area contributed by atoms with E-state index in [2.05, 4.69) is 21.6 Å². The first-order valence-corrected chi connectivity index (χ1v) is 9.58. The summed E-state index contributed by atoms with van der Waals surface area (Å²) in [5.74, 6) is 3.91. The van der Waals surface area contributed by atoms with Crippen LogP contribution >= 0.6 is 11.8 Å². The number of rotatable bonds is 4. The van der Waals surface area contributed by atoms with Crippen LogP contribution in [-0.2, 0) is 4.79 Å². The van der Waals surface area contributed by atoms with Crippen LogP contribution in [-0.4, -0.2) is 59.4 Å². The lowest BCUT2D eigenvalue weighted by Gasteiger charge is -2.35. The maximum atomic E-state index is 12.1. The molecule has 0 aromatic carbocycles. The second kappa shape index (κ2) is 7.17. The van der Waals surface area contributed by atoms with Crippen LogP contribution in [0.2, 0.25) is 0 Å². The highest BCUT2D eigenvalue weighted by atomic mass is 32.2. The molecule has 0 spiro atoms. The normalized spacial score (nSPS) is 29.2. The van der Waals surface area contributed by atoms with Crippen LogP contribution in [0, 0.1) is 5.92 Å². The van der Waals surface area contributed by atoms with Crippen molar-refractivity contribution in [2.24, 2.45) is 5.92 Å². The maximum absolute atomic E-state index is 12.1. The quantitative estimate of drug-likeness (QED) is 0.797. The maximum Gasteiger partial charge on any atom is 0.222 e. The molecule has 3 nitrogen and oxygen atoms in total. The molecule has 3 fully saturated rings. The van der Waals surface area contributed by atoms with Crippen LogP contribution in [0.3, 0.4) is 0 Å². The Morgan fingerprint density at radius 1 is 1.05 bits per heavy atom. The Morgan fingerprint density at radius 3 is 2.45 bits per heavy atom. The van der Waals surface area contributed by atoms with Crippen LogP contribution in [0.4, 0.5) is 0 Å². The smallest absolute Gasteiger partial charge is 0.222 e. The Balaban J connectivity index is 1.34. The molecule has 0 aromatic rings. The molecule has 3 rings (SSSR count). The average Bonchev–Trinajstić information content (AvgIpc) is 3.18. The van der Waals surface area contributed by atoms with Crippen molar-refractivity contribution in [2.75, 3.05) is 37.7 Å². The van der Waals surface area contributed by atoms with E-state index in [-0.39, 0.29) is 0 Å². The summed E-state index contributed by atoms with van der Waals surface area (Å²) in [6.07, 6.45) is 8.37. The molecule has 0 bridgehead atoms. The van der Waals surface area contributed by atoms with Crippen LogP contribution in [0.15, 0.2) is 0 Å². The third kappa shape index (κ3) is 3.70. The highest BCUT2D eigenvalue weighted by Crippen LogP contribution is 2.28. The first-order chi connectivity index (χ1) is 9.83. The summed E-state index contributed by atoms with van der Waals surface area (Å²) in [5, 5.41) is 0. The first kappa shape index (κ1) is 14.7. The molecule has 3 heterocycles. The van der Waals surface area contributed by atoms with Crippen LogP contribution in [0.5, 0.6) is 0 Å². The molecule has 20 heavy (non-hydrogen) atoms. The number of hydrogen-bond donors (Lipinski definition) is 0. The summed E-state index contributed by atoms with van der Waals surface area (Å²) in [7, 11) is 0. The van der Waals surface area contributed by atoms with Gasteiger partial charge in [0, 0.05) is 31.3 Å². The third-order valence-corrected chi connectivity index (χ3v) is 6.44. The number of amides is 1. The molecule has 1 amide bonds. The highest BCUT2D eigenvalue weighted by molar-refractivity contribution is 7.99. The minimum atomic E-state index is 0.414. The van der Waals surface area contributed by atoms with Crippen molar-refractivity contribution >= 4 is 17.7 Å². The van der Waals surface area contributed by atoms with Crippen molar-refractivity contribution in [3.05, 3.63) is 0 Å². The van der Waals surface area contributed by atoms with Gasteiger partial charge in [0.2, 0.25) is 5.91 Å². The van der Waals surface area contributed by atoms with Crippen molar-refractivity contribution in [1.29, 1.82) is 0 Å². The Hall–Kier alpha value is -0.220. The lowest BCUT2D eigenvalue weighted by Crippen LogP contribution is -2.41. The summed E-state index contributed by atoms with van der Waals surface area (Å²) in [5.41, 5.74) is 0. The highest BCUT2D eigenvalue weighted by Gasteiger charge is 2.28. The predicted octanol–water partition coefficient (Wildman–Crippen LogP) is 2.61. The topological polar surface area (TPSA) is 23.6 Å². The molecule has 0 N–H and O–H groups in total. The number of carbonyl (C=O) groups excluding carboxylic acids is 1. The fourth-order valence-corrected chi connectivity index (χ4v) is 5.12. The van der Waals surface area contributed by atoms with Gasteiger partial charge >= 0.3 is 0 Å². The molecule has 114 valence electrons. The monoisotopic (exact) mass is 296 g/mol. The van der Waals surface area contributed by atoms with Gasteiger partial charge in [0.15, 0.2) is 0 Å². The number of piperidine rings is 1.